The van der Waals surface area contributed by atoms with Crippen molar-refractivity contribution in [2.24, 2.45) is 0 Å². The molecule has 1 aromatic carbocycles. The number of rotatable bonds is 3. The van der Waals surface area contributed by atoms with Crippen LogP contribution in [0, 0.1) is 0 Å². The molecular formula is C9H10O3S2. The van der Waals surface area contributed by atoms with Gasteiger partial charge in [-0.05, 0) is 29.5 Å². The van der Waals surface area contributed by atoms with Gasteiger partial charge in [-0.2, -0.15) is 8.42 Å². The van der Waals surface area contributed by atoms with Gasteiger partial charge in [0.2, 0.25) is 0 Å². The standard InChI is InChI=1S/C9H10O3S2/c1-7(13)6-8-2-4-9(5-3-8)14(10,11)12/h2-5H,6H2,1H3,(H,10,11,12). The molecular weight excluding hydrogens is 220 g/mol. The smallest absolute Gasteiger partial charge is 0.282 e. The maximum absolute atomic E-state index is 10.7. The Labute approximate surface area is 88.5 Å². The monoisotopic (exact) mass is 230 g/mol. The second kappa shape index (κ2) is 4.16. The second-order valence-electron chi connectivity index (χ2n) is 3.00. The SMILES string of the molecule is CC(=S)Cc1ccc(S(=O)(=O)O)cc1. The van der Waals surface area contributed by atoms with Crippen LogP contribution in [0.1, 0.15) is 12.5 Å². The Bertz CT molecular complexity index is 432. The molecule has 76 valence electrons. The van der Waals surface area contributed by atoms with E-state index in [-0.39, 0.29) is 4.90 Å². The quantitative estimate of drug-likeness (QED) is 0.636. The first kappa shape index (κ1) is 11.3. The third-order valence-electron chi connectivity index (χ3n) is 1.67. The minimum absolute atomic E-state index is 0.0942. The lowest BCUT2D eigenvalue weighted by Crippen LogP contribution is -1.99. The lowest BCUT2D eigenvalue weighted by atomic mass is 10.1. The fourth-order valence-electron chi connectivity index (χ4n) is 1.07. The molecule has 0 radical (unpaired) electrons. The van der Waals surface area contributed by atoms with Crippen molar-refractivity contribution in [2.45, 2.75) is 18.2 Å². The van der Waals surface area contributed by atoms with E-state index in [1.54, 1.807) is 12.1 Å². The highest BCUT2D eigenvalue weighted by Crippen LogP contribution is 2.10. The largest absolute Gasteiger partial charge is 0.294 e. The van der Waals surface area contributed by atoms with Gasteiger partial charge in [0, 0.05) is 6.42 Å². The molecule has 0 aliphatic rings. The second-order valence-corrected chi connectivity index (χ2v) is 5.12. The lowest BCUT2D eigenvalue weighted by Gasteiger charge is -2.00. The lowest BCUT2D eigenvalue weighted by molar-refractivity contribution is 0.483. The number of thiocarbonyl (C=S) groups is 1. The Hall–Kier alpha value is -0.780. The maximum Gasteiger partial charge on any atom is 0.294 e. The van der Waals surface area contributed by atoms with Crippen molar-refractivity contribution in [1.82, 2.24) is 0 Å². The van der Waals surface area contributed by atoms with Crippen LogP contribution in [0.5, 0.6) is 0 Å². The van der Waals surface area contributed by atoms with Crippen LogP contribution in [0.4, 0.5) is 0 Å². The van der Waals surface area contributed by atoms with Gasteiger partial charge in [-0.1, -0.05) is 24.4 Å². The van der Waals surface area contributed by atoms with Crippen LogP contribution in [0.2, 0.25) is 0 Å². The summed E-state index contributed by atoms with van der Waals surface area (Å²) in [6, 6.07) is 6.00. The van der Waals surface area contributed by atoms with E-state index >= 15 is 0 Å². The molecule has 1 rings (SSSR count). The summed E-state index contributed by atoms with van der Waals surface area (Å²) in [6.45, 7) is 1.83. The first-order valence-electron chi connectivity index (χ1n) is 3.95. The Morgan fingerprint density at radius 2 is 1.86 bits per heavy atom. The molecule has 0 saturated carbocycles. The van der Waals surface area contributed by atoms with Gasteiger partial charge in [0.1, 0.15) is 0 Å². The van der Waals surface area contributed by atoms with Crippen LogP contribution >= 0.6 is 12.2 Å². The van der Waals surface area contributed by atoms with Crippen LogP contribution in [0.25, 0.3) is 0 Å². The van der Waals surface area contributed by atoms with Crippen LogP contribution in [-0.4, -0.2) is 17.8 Å². The van der Waals surface area contributed by atoms with Crippen molar-refractivity contribution in [3.8, 4) is 0 Å². The molecule has 3 nitrogen and oxygen atoms in total. The van der Waals surface area contributed by atoms with E-state index in [9.17, 15) is 8.42 Å². The van der Waals surface area contributed by atoms with E-state index in [2.05, 4.69) is 0 Å². The van der Waals surface area contributed by atoms with Crippen molar-refractivity contribution in [3.63, 3.8) is 0 Å². The van der Waals surface area contributed by atoms with Crippen molar-refractivity contribution >= 4 is 27.2 Å². The van der Waals surface area contributed by atoms with E-state index < -0.39 is 10.1 Å². The normalized spacial score (nSPS) is 11.3. The Morgan fingerprint density at radius 1 is 1.36 bits per heavy atom. The third kappa shape index (κ3) is 3.17. The Morgan fingerprint density at radius 3 is 2.21 bits per heavy atom. The van der Waals surface area contributed by atoms with Crippen molar-refractivity contribution in [3.05, 3.63) is 29.8 Å². The summed E-state index contributed by atoms with van der Waals surface area (Å²) in [7, 11) is -4.08. The topological polar surface area (TPSA) is 54.4 Å². The molecule has 0 aliphatic heterocycles. The van der Waals surface area contributed by atoms with Gasteiger partial charge in [-0.25, -0.2) is 0 Å². The third-order valence-corrected chi connectivity index (χ3v) is 2.69. The van der Waals surface area contributed by atoms with E-state index in [0.717, 1.165) is 10.4 Å². The predicted molar refractivity (Wildman–Crippen MR) is 58.2 cm³/mol. The summed E-state index contributed by atoms with van der Waals surface area (Å²) in [6.07, 6.45) is 0.640. The summed E-state index contributed by atoms with van der Waals surface area (Å²) < 4.78 is 30.1. The van der Waals surface area contributed by atoms with Crippen molar-refractivity contribution in [1.29, 1.82) is 0 Å². The first-order valence-corrected chi connectivity index (χ1v) is 5.80. The van der Waals surface area contributed by atoms with Gasteiger partial charge in [0.15, 0.2) is 0 Å². The Kier molecular flexibility index (Phi) is 3.36. The molecule has 1 aromatic rings. The first-order chi connectivity index (χ1) is 6.39. The van der Waals surface area contributed by atoms with Gasteiger partial charge in [0.25, 0.3) is 10.1 Å². The fraction of sp³-hybridized carbons (Fsp3) is 0.222. The summed E-state index contributed by atoms with van der Waals surface area (Å²) in [5.74, 6) is 0. The molecule has 1 N–H and O–H groups in total. The molecule has 0 aromatic heterocycles. The summed E-state index contributed by atoms with van der Waals surface area (Å²) in [5, 5.41) is 0. The summed E-state index contributed by atoms with van der Waals surface area (Å²) in [5.41, 5.74) is 0.935. The minimum Gasteiger partial charge on any atom is -0.282 e. The van der Waals surface area contributed by atoms with Crippen LogP contribution in [-0.2, 0) is 16.5 Å². The summed E-state index contributed by atoms with van der Waals surface area (Å²) in [4.78, 5) is 0.743. The van der Waals surface area contributed by atoms with Crippen LogP contribution < -0.4 is 0 Å². The highest BCUT2D eigenvalue weighted by atomic mass is 32.2. The van der Waals surface area contributed by atoms with Crippen LogP contribution in [0.15, 0.2) is 29.2 Å². The van der Waals surface area contributed by atoms with E-state index in [4.69, 9.17) is 16.8 Å². The zero-order valence-corrected chi connectivity index (χ0v) is 9.23. The van der Waals surface area contributed by atoms with E-state index in [1.165, 1.54) is 12.1 Å². The minimum atomic E-state index is -4.08. The molecule has 5 heteroatoms. The number of hydrogen-bond acceptors (Lipinski definition) is 3. The zero-order chi connectivity index (χ0) is 10.8. The molecule has 0 unspecified atom stereocenters. The van der Waals surface area contributed by atoms with Crippen LogP contribution in [0.3, 0.4) is 0 Å². The van der Waals surface area contributed by atoms with Gasteiger partial charge in [-0.15, -0.1) is 0 Å². The molecule has 0 amide bonds. The van der Waals surface area contributed by atoms with Gasteiger partial charge >= 0.3 is 0 Å². The molecule has 0 aliphatic carbocycles. The van der Waals surface area contributed by atoms with Crippen molar-refractivity contribution in [2.75, 3.05) is 0 Å². The molecule has 0 saturated heterocycles. The fourth-order valence-corrected chi connectivity index (χ4v) is 1.71. The van der Waals surface area contributed by atoms with Gasteiger partial charge < -0.3 is 0 Å². The molecule has 0 bridgehead atoms. The van der Waals surface area contributed by atoms with Gasteiger partial charge in [-0.3, -0.25) is 4.55 Å². The maximum atomic E-state index is 10.7. The van der Waals surface area contributed by atoms with Gasteiger partial charge in [0.05, 0.1) is 4.90 Å². The average Bonchev–Trinajstić information content (AvgIpc) is 2.02. The summed E-state index contributed by atoms with van der Waals surface area (Å²) >= 11 is 4.92. The van der Waals surface area contributed by atoms with Crippen molar-refractivity contribution < 1.29 is 13.0 Å². The molecule has 14 heavy (non-hydrogen) atoms. The number of hydrogen-bond donors (Lipinski definition) is 1. The molecule has 0 heterocycles. The molecule has 0 atom stereocenters. The zero-order valence-electron chi connectivity index (χ0n) is 7.60. The predicted octanol–water partition coefficient (Wildman–Crippen LogP) is 1.87. The highest BCUT2D eigenvalue weighted by Gasteiger charge is 2.08. The van der Waals surface area contributed by atoms with E-state index in [1.807, 2.05) is 6.92 Å². The highest BCUT2D eigenvalue weighted by molar-refractivity contribution is 7.85. The molecule has 0 spiro atoms. The van der Waals surface area contributed by atoms with E-state index in [0.29, 0.717) is 6.42 Å². The average molecular weight is 230 g/mol. The Balaban J connectivity index is 2.95. The molecule has 0 fully saturated rings. The number of benzene rings is 1.